The predicted molar refractivity (Wildman–Crippen MR) is 80.3 cm³/mol. The molecule has 0 aromatic heterocycles. The van der Waals surface area contributed by atoms with Gasteiger partial charge in [0.2, 0.25) is 0 Å². The van der Waals surface area contributed by atoms with Gasteiger partial charge in [0.05, 0.1) is 6.10 Å². The summed E-state index contributed by atoms with van der Waals surface area (Å²) in [5.41, 5.74) is 8.61. The average molecular weight is 271 g/mol. The highest BCUT2D eigenvalue weighted by molar-refractivity contribution is 5.32. The molecule has 0 radical (unpaired) electrons. The van der Waals surface area contributed by atoms with Gasteiger partial charge in [-0.3, -0.25) is 0 Å². The second-order valence-electron chi connectivity index (χ2n) is 7.36. The molecule has 0 aliphatic heterocycles. The molecule has 0 spiro atoms. The lowest BCUT2D eigenvalue weighted by Crippen LogP contribution is -2.41. The second kappa shape index (κ2) is 4.57. The first-order chi connectivity index (χ1) is 9.73. The Hall–Kier alpha value is -0.860. The Morgan fingerprint density at radius 1 is 1.25 bits per heavy atom. The molecule has 1 aromatic rings. The molecule has 3 saturated carbocycles. The van der Waals surface area contributed by atoms with Gasteiger partial charge in [0, 0.05) is 12.0 Å². The monoisotopic (exact) mass is 271 g/mol. The van der Waals surface area contributed by atoms with Crippen LogP contribution in [0.15, 0.2) is 24.3 Å². The van der Waals surface area contributed by atoms with Crippen LogP contribution in [0.1, 0.15) is 61.7 Å². The van der Waals surface area contributed by atoms with Crippen LogP contribution in [-0.4, -0.2) is 11.7 Å². The molecular formula is C18H25NO. The van der Waals surface area contributed by atoms with Crippen molar-refractivity contribution in [2.24, 2.45) is 23.0 Å². The molecule has 4 rings (SSSR count). The number of hydrogen-bond donors (Lipinski definition) is 2. The Balaban J connectivity index is 1.65. The van der Waals surface area contributed by atoms with Gasteiger partial charge in [0.25, 0.3) is 0 Å². The number of rotatable bonds is 4. The smallest absolute Gasteiger partial charge is 0.0861 e. The van der Waals surface area contributed by atoms with Gasteiger partial charge in [-0.2, -0.15) is 0 Å². The number of aliphatic hydroxyl groups excluding tert-OH is 1. The van der Waals surface area contributed by atoms with E-state index in [1.165, 1.54) is 37.7 Å². The largest absolute Gasteiger partial charge is 0.388 e. The van der Waals surface area contributed by atoms with E-state index in [9.17, 15) is 5.11 Å². The quantitative estimate of drug-likeness (QED) is 0.882. The Kier molecular flexibility index (Phi) is 2.94. The fourth-order valence-electron chi connectivity index (χ4n) is 4.91. The van der Waals surface area contributed by atoms with Crippen molar-refractivity contribution in [2.75, 3.05) is 6.54 Å². The SMILES string of the molecule is NCC1(C(O)c2cccc(C3CC3)c2)CC2CCC1C2. The van der Waals surface area contributed by atoms with Crippen molar-refractivity contribution in [3.8, 4) is 0 Å². The molecule has 2 heteroatoms. The van der Waals surface area contributed by atoms with Crippen molar-refractivity contribution in [1.29, 1.82) is 0 Å². The molecule has 0 amide bonds. The summed E-state index contributed by atoms with van der Waals surface area (Å²) in [6.07, 6.45) is 7.28. The molecule has 3 fully saturated rings. The Morgan fingerprint density at radius 2 is 2.10 bits per heavy atom. The summed E-state index contributed by atoms with van der Waals surface area (Å²) in [6, 6.07) is 8.67. The minimum absolute atomic E-state index is 0.0505. The summed E-state index contributed by atoms with van der Waals surface area (Å²) in [5.74, 6) is 2.19. The van der Waals surface area contributed by atoms with Gasteiger partial charge in [-0.25, -0.2) is 0 Å². The lowest BCUT2D eigenvalue weighted by molar-refractivity contribution is -0.0130. The highest BCUT2D eigenvalue weighted by atomic mass is 16.3. The van der Waals surface area contributed by atoms with E-state index in [4.69, 9.17) is 5.73 Å². The van der Waals surface area contributed by atoms with Crippen molar-refractivity contribution in [3.05, 3.63) is 35.4 Å². The topological polar surface area (TPSA) is 46.2 Å². The van der Waals surface area contributed by atoms with Crippen LogP contribution >= 0.6 is 0 Å². The van der Waals surface area contributed by atoms with E-state index in [0.717, 1.165) is 23.8 Å². The standard InChI is InChI=1S/C18H25NO/c19-11-18(10-12-4-7-16(18)8-12)17(20)15-3-1-2-14(9-15)13-5-6-13/h1-3,9,12-13,16-17,20H,4-8,10-11,19H2. The number of fused-ring (bicyclic) bond motifs is 2. The molecule has 1 aromatic carbocycles. The summed E-state index contributed by atoms with van der Waals surface area (Å²) in [7, 11) is 0. The lowest BCUT2D eigenvalue weighted by atomic mass is 9.67. The maximum atomic E-state index is 11.0. The van der Waals surface area contributed by atoms with Gasteiger partial charge < -0.3 is 10.8 Å². The van der Waals surface area contributed by atoms with Gasteiger partial charge in [0.1, 0.15) is 0 Å². The number of benzene rings is 1. The average Bonchev–Trinajstić information content (AvgIpc) is 3.16. The van der Waals surface area contributed by atoms with Gasteiger partial charge >= 0.3 is 0 Å². The molecule has 20 heavy (non-hydrogen) atoms. The van der Waals surface area contributed by atoms with E-state index >= 15 is 0 Å². The van der Waals surface area contributed by atoms with Crippen LogP contribution in [0.3, 0.4) is 0 Å². The Morgan fingerprint density at radius 3 is 2.70 bits per heavy atom. The van der Waals surface area contributed by atoms with Crippen molar-refractivity contribution >= 4 is 0 Å². The van der Waals surface area contributed by atoms with E-state index in [0.29, 0.717) is 12.5 Å². The second-order valence-corrected chi connectivity index (χ2v) is 7.36. The minimum Gasteiger partial charge on any atom is -0.388 e. The summed E-state index contributed by atoms with van der Waals surface area (Å²) < 4.78 is 0. The van der Waals surface area contributed by atoms with Crippen LogP contribution in [0.25, 0.3) is 0 Å². The van der Waals surface area contributed by atoms with E-state index in [1.807, 2.05) is 0 Å². The third-order valence-electron chi connectivity index (χ3n) is 6.22. The molecular weight excluding hydrogens is 246 g/mol. The predicted octanol–water partition coefficient (Wildman–Crippen LogP) is 3.36. The zero-order chi connectivity index (χ0) is 13.7. The number of nitrogens with two attached hydrogens (primary N) is 1. The summed E-state index contributed by atoms with van der Waals surface area (Å²) in [5, 5.41) is 11.0. The van der Waals surface area contributed by atoms with Gasteiger partial charge in [-0.15, -0.1) is 0 Å². The molecule has 2 nitrogen and oxygen atoms in total. The normalized spacial score (nSPS) is 37.3. The van der Waals surface area contributed by atoms with E-state index in [2.05, 4.69) is 24.3 Å². The molecule has 2 bridgehead atoms. The number of hydrogen-bond acceptors (Lipinski definition) is 2. The minimum atomic E-state index is -0.374. The van der Waals surface area contributed by atoms with Crippen molar-refractivity contribution in [1.82, 2.24) is 0 Å². The highest BCUT2D eigenvalue weighted by Crippen LogP contribution is 2.60. The zero-order valence-corrected chi connectivity index (χ0v) is 12.1. The van der Waals surface area contributed by atoms with Crippen LogP contribution < -0.4 is 5.73 Å². The Labute approximate surface area is 121 Å². The first-order valence-corrected chi connectivity index (χ1v) is 8.21. The Bertz CT molecular complexity index is 510. The number of aliphatic hydroxyl groups is 1. The van der Waals surface area contributed by atoms with Crippen molar-refractivity contribution in [3.63, 3.8) is 0 Å². The lowest BCUT2D eigenvalue weighted by Gasteiger charge is -2.41. The first kappa shape index (κ1) is 12.8. The maximum Gasteiger partial charge on any atom is 0.0861 e. The first-order valence-electron chi connectivity index (χ1n) is 8.21. The van der Waals surface area contributed by atoms with E-state index in [-0.39, 0.29) is 11.5 Å². The van der Waals surface area contributed by atoms with Crippen LogP contribution in [0.5, 0.6) is 0 Å². The molecule has 0 saturated heterocycles. The fraction of sp³-hybridized carbons (Fsp3) is 0.667. The summed E-state index contributed by atoms with van der Waals surface area (Å²) in [6.45, 7) is 0.628. The van der Waals surface area contributed by atoms with Crippen LogP contribution in [0.2, 0.25) is 0 Å². The fourth-order valence-corrected chi connectivity index (χ4v) is 4.91. The molecule has 108 valence electrons. The van der Waals surface area contributed by atoms with Gasteiger partial charge in [-0.05, 0) is 61.0 Å². The molecule has 3 aliphatic rings. The zero-order valence-electron chi connectivity index (χ0n) is 12.1. The van der Waals surface area contributed by atoms with Crippen LogP contribution in [-0.2, 0) is 0 Å². The van der Waals surface area contributed by atoms with Crippen LogP contribution in [0.4, 0.5) is 0 Å². The molecule has 3 aliphatic carbocycles. The summed E-state index contributed by atoms with van der Waals surface area (Å²) in [4.78, 5) is 0. The van der Waals surface area contributed by atoms with Crippen molar-refractivity contribution < 1.29 is 5.11 Å². The van der Waals surface area contributed by atoms with Gasteiger partial charge in [-0.1, -0.05) is 30.7 Å². The van der Waals surface area contributed by atoms with Crippen LogP contribution in [0, 0.1) is 17.3 Å². The van der Waals surface area contributed by atoms with Gasteiger partial charge in [0.15, 0.2) is 0 Å². The maximum absolute atomic E-state index is 11.0. The van der Waals surface area contributed by atoms with E-state index in [1.54, 1.807) is 0 Å². The summed E-state index contributed by atoms with van der Waals surface area (Å²) >= 11 is 0. The molecule has 0 heterocycles. The molecule has 3 N–H and O–H groups in total. The van der Waals surface area contributed by atoms with Crippen molar-refractivity contribution in [2.45, 2.75) is 50.5 Å². The highest BCUT2D eigenvalue weighted by Gasteiger charge is 2.54. The van der Waals surface area contributed by atoms with E-state index < -0.39 is 0 Å². The third-order valence-corrected chi connectivity index (χ3v) is 6.22. The third kappa shape index (κ3) is 1.85. The molecule has 4 atom stereocenters. The molecule has 4 unspecified atom stereocenters.